The van der Waals surface area contributed by atoms with E-state index in [2.05, 4.69) is 6.92 Å². The Bertz CT molecular complexity index is 402. The number of allylic oxidation sites excluding steroid dienone is 1. The Morgan fingerprint density at radius 1 is 1.27 bits per heavy atom. The van der Waals surface area contributed by atoms with E-state index in [1.54, 1.807) is 6.08 Å². The van der Waals surface area contributed by atoms with Gasteiger partial charge >= 0.3 is 5.97 Å². The van der Waals surface area contributed by atoms with Crippen molar-refractivity contribution in [1.82, 2.24) is 0 Å². The van der Waals surface area contributed by atoms with Gasteiger partial charge in [0.15, 0.2) is 11.9 Å². The van der Waals surface area contributed by atoms with Crippen LogP contribution in [0, 0.1) is 5.92 Å². The maximum Gasteiger partial charge on any atom is 0.306 e. The number of Topliss-reactive ketones (excluding diaryl/α,β-unsaturated/α-hetero) is 1. The average Bonchev–Trinajstić information content (AvgIpc) is 2.73. The molecule has 0 aromatic heterocycles. The van der Waals surface area contributed by atoms with Gasteiger partial charge in [-0.15, -0.1) is 0 Å². The van der Waals surface area contributed by atoms with Crippen molar-refractivity contribution >= 4 is 11.8 Å². The van der Waals surface area contributed by atoms with Gasteiger partial charge in [0.25, 0.3) is 0 Å². The lowest BCUT2D eigenvalue weighted by Crippen LogP contribution is -2.32. The molecule has 5 heteroatoms. The van der Waals surface area contributed by atoms with Crippen molar-refractivity contribution in [3.63, 3.8) is 0 Å². The first-order valence-electron chi connectivity index (χ1n) is 8.30. The van der Waals surface area contributed by atoms with Crippen molar-refractivity contribution in [3.8, 4) is 0 Å². The third-order valence-corrected chi connectivity index (χ3v) is 3.93. The second-order valence-corrected chi connectivity index (χ2v) is 5.90. The minimum absolute atomic E-state index is 0.0378. The number of esters is 1. The van der Waals surface area contributed by atoms with Crippen molar-refractivity contribution in [2.45, 2.75) is 77.4 Å². The molecule has 0 aromatic rings. The van der Waals surface area contributed by atoms with Gasteiger partial charge in [-0.05, 0) is 25.3 Å². The lowest BCUT2D eigenvalue weighted by atomic mass is 9.99. The number of carbonyl (C=O) groups is 2. The van der Waals surface area contributed by atoms with Crippen LogP contribution in [-0.4, -0.2) is 34.2 Å². The largest absolute Gasteiger partial charge is 0.512 e. The van der Waals surface area contributed by atoms with Gasteiger partial charge in [-0.2, -0.15) is 0 Å². The van der Waals surface area contributed by atoms with Crippen LogP contribution in [0.15, 0.2) is 11.8 Å². The summed E-state index contributed by atoms with van der Waals surface area (Å²) in [5, 5.41) is 20.1. The SMILES string of the molecule is CCCCCC/C=C(\O)C1C(O)CC(=O)C1OC(=O)CCC. The smallest absolute Gasteiger partial charge is 0.306 e. The van der Waals surface area contributed by atoms with Gasteiger partial charge in [0.05, 0.1) is 17.8 Å². The third-order valence-electron chi connectivity index (χ3n) is 3.93. The molecular weight excluding hydrogens is 284 g/mol. The standard InChI is InChI=1S/C17H28O5/c1-3-5-6-7-8-10-12(18)16-13(19)11-14(20)17(16)22-15(21)9-4-2/h10,13,16-19H,3-9,11H2,1-2H3/b12-10-. The van der Waals surface area contributed by atoms with Crippen LogP contribution in [0.25, 0.3) is 0 Å². The Balaban J connectivity index is 2.64. The summed E-state index contributed by atoms with van der Waals surface area (Å²) in [5.74, 6) is -1.65. The number of ketones is 1. The molecule has 1 aliphatic rings. The lowest BCUT2D eigenvalue weighted by molar-refractivity contribution is -0.156. The molecule has 1 fully saturated rings. The van der Waals surface area contributed by atoms with Crippen molar-refractivity contribution in [1.29, 1.82) is 0 Å². The maximum absolute atomic E-state index is 11.9. The average molecular weight is 312 g/mol. The van der Waals surface area contributed by atoms with E-state index in [-0.39, 0.29) is 24.4 Å². The molecule has 1 rings (SSSR count). The van der Waals surface area contributed by atoms with Crippen LogP contribution in [0.4, 0.5) is 0 Å². The van der Waals surface area contributed by atoms with E-state index in [0.29, 0.717) is 12.8 Å². The van der Waals surface area contributed by atoms with E-state index in [9.17, 15) is 19.8 Å². The molecule has 0 aromatic carbocycles. The van der Waals surface area contributed by atoms with Crippen LogP contribution < -0.4 is 0 Å². The van der Waals surface area contributed by atoms with Gasteiger partial charge < -0.3 is 14.9 Å². The van der Waals surface area contributed by atoms with Gasteiger partial charge in [-0.3, -0.25) is 9.59 Å². The number of unbranched alkanes of at least 4 members (excludes halogenated alkanes) is 4. The van der Waals surface area contributed by atoms with Crippen molar-refractivity contribution in [2.75, 3.05) is 0 Å². The molecule has 0 saturated heterocycles. The van der Waals surface area contributed by atoms with Crippen molar-refractivity contribution < 1.29 is 24.5 Å². The Kier molecular flexibility index (Phi) is 8.17. The molecule has 126 valence electrons. The zero-order chi connectivity index (χ0) is 16.5. The number of hydrogen-bond donors (Lipinski definition) is 2. The zero-order valence-corrected chi connectivity index (χ0v) is 13.6. The summed E-state index contributed by atoms with van der Waals surface area (Å²) in [6.45, 7) is 3.97. The molecule has 0 amide bonds. The lowest BCUT2D eigenvalue weighted by Gasteiger charge is -2.20. The summed E-state index contributed by atoms with van der Waals surface area (Å²) >= 11 is 0. The summed E-state index contributed by atoms with van der Waals surface area (Å²) in [4.78, 5) is 23.5. The highest BCUT2D eigenvalue weighted by molar-refractivity contribution is 5.89. The number of aliphatic hydroxyl groups is 2. The van der Waals surface area contributed by atoms with Gasteiger partial charge in [-0.1, -0.05) is 33.1 Å². The summed E-state index contributed by atoms with van der Waals surface area (Å²) in [6, 6.07) is 0. The molecule has 2 N–H and O–H groups in total. The predicted molar refractivity (Wildman–Crippen MR) is 83.4 cm³/mol. The Morgan fingerprint density at radius 2 is 2.00 bits per heavy atom. The van der Waals surface area contributed by atoms with E-state index < -0.39 is 24.1 Å². The first kappa shape index (κ1) is 18.7. The number of aliphatic hydroxyl groups excluding tert-OH is 2. The molecule has 1 saturated carbocycles. The summed E-state index contributed by atoms with van der Waals surface area (Å²) < 4.78 is 5.16. The van der Waals surface area contributed by atoms with Crippen LogP contribution in [-0.2, 0) is 14.3 Å². The second-order valence-electron chi connectivity index (χ2n) is 5.90. The van der Waals surface area contributed by atoms with Gasteiger partial charge in [-0.25, -0.2) is 0 Å². The molecule has 5 nitrogen and oxygen atoms in total. The molecular formula is C17H28O5. The molecule has 0 radical (unpaired) electrons. The first-order valence-corrected chi connectivity index (χ1v) is 8.30. The zero-order valence-electron chi connectivity index (χ0n) is 13.6. The topological polar surface area (TPSA) is 83.8 Å². The van der Waals surface area contributed by atoms with E-state index in [0.717, 1.165) is 25.7 Å². The first-order chi connectivity index (χ1) is 10.5. The number of carbonyl (C=O) groups excluding carboxylic acids is 2. The second kappa shape index (κ2) is 9.62. The van der Waals surface area contributed by atoms with Crippen LogP contribution in [0.5, 0.6) is 0 Å². The summed E-state index contributed by atoms with van der Waals surface area (Å²) in [6.07, 6.45) is 5.40. The van der Waals surface area contributed by atoms with E-state index in [1.807, 2.05) is 6.92 Å². The Labute approximate surface area is 132 Å². The molecule has 0 bridgehead atoms. The van der Waals surface area contributed by atoms with Crippen LogP contribution in [0.1, 0.15) is 65.2 Å². The maximum atomic E-state index is 11.9. The van der Waals surface area contributed by atoms with Crippen molar-refractivity contribution in [3.05, 3.63) is 11.8 Å². The molecule has 3 unspecified atom stereocenters. The minimum Gasteiger partial charge on any atom is -0.512 e. The summed E-state index contributed by atoms with van der Waals surface area (Å²) in [7, 11) is 0. The highest BCUT2D eigenvalue weighted by Crippen LogP contribution is 2.31. The highest BCUT2D eigenvalue weighted by Gasteiger charge is 2.46. The molecule has 0 aliphatic heterocycles. The van der Waals surface area contributed by atoms with Crippen LogP contribution >= 0.6 is 0 Å². The normalized spacial score (nSPS) is 25.5. The third kappa shape index (κ3) is 5.44. The molecule has 3 atom stereocenters. The van der Waals surface area contributed by atoms with Crippen LogP contribution in [0.3, 0.4) is 0 Å². The Morgan fingerprint density at radius 3 is 2.64 bits per heavy atom. The minimum atomic E-state index is -1.05. The fraction of sp³-hybridized carbons (Fsp3) is 0.765. The van der Waals surface area contributed by atoms with E-state index >= 15 is 0 Å². The van der Waals surface area contributed by atoms with Crippen molar-refractivity contribution in [2.24, 2.45) is 5.92 Å². The highest BCUT2D eigenvalue weighted by atomic mass is 16.5. The van der Waals surface area contributed by atoms with E-state index in [1.165, 1.54) is 0 Å². The fourth-order valence-corrected chi connectivity index (χ4v) is 2.70. The van der Waals surface area contributed by atoms with Crippen LogP contribution in [0.2, 0.25) is 0 Å². The Hall–Kier alpha value is -1.36. The van der Waals surface area contributed by atoms with Gasteiger partial charge in [0, 0.05) is 12.8 Å². The quantitative estimate of drug-likeness (QED) is 0.388. The monoisotopic (exact) mass is 312 g/mol. The van der Waals surface area contributed by atoms with Gasteiger partial charge in [0.2, 0.25) is 0 Å². The number of ether oxygens (including phenoxy) is 1. The van der Waals surface area contributed by atoms with Gasteiger partial charge in [0.1, 0.15) is 0 Å². The molecule has 22 heavy (non-hydrogen) atoms. The molecule has 1 aliphatic carbocycles. The number of rotatable bonds is 9. The predicted octanol–water partition coefficient (Wildman–Crippen LogP) is 3.06. The van der Waals surface area contributed by atoms with E-state index in [4.69, 9.17) is 4.74 Å². The molecule has 0 heterocycles. The number of hydrogen-bond acceptors (Lipinski definition) is 5. The molecule has 0 spiro atoms. The summed E-state index contributed by atoms with van der Waals surface area (Å²) in [5.41, 5.74) is 0. The fourth-order valence-electron chi connectivity index (χ4n) is 2.70.